The van der Waals surface area contributed by atoms with Crippen molar-refractivity contribution in [3.05, 3.63) is 0 Å². The summed E-state index contributed by atoms with van der Waals surface area (Å²) in [5, 5.41) is 3.64. The van der Waals surface area contributed by atoms with Gasteiger partial charge in [0, 0.05) is 6.04 Å². The van der Waals surface area contributed by atoms with Gasteiger partial charge in [0.25, 0.3) is 0 Å². The summed E-state index contributed by atoms with van der Waals surface area (Å²) in [7, 11) is 0. The normalized spacial score (nSPS) is 35.8. The Hall–Kier alpha value is -0.0400. The molecule has 2 fully saturated rings. The molecule has 2 atom stereocenters. The third kappa shape index (κ3) is 2.50. The number of hydrogen-bond donors (Lipinski definition) is 1. The van der Waals surface area contributed by atoms with E-state index in [0.717, 1.165) is 17.9 Å². The maximum Gasteiger partial charge on any atom is 0.00671 e. The number of rotatable bonds is 2. The molecular formula is C13H25N. The molecule has 1 saturated carbocycles. The molecule has 2 aliphatic rings. The van der Waals surface area contributed by atoms with Crippen LogP contribution in [-0.2, 0) is 0 Å². The minimum atomic E-state index is 0.829. The fraction of sp³-hybridized carbons (Fsp3) is 1.00. The zero-order valence-electron chi connectivity index (χ0n) is 9.60. The molecule has 14 heavy (non-hydrogen) atoms. The standard InChI is InChI=1S/C13H25N/c1-2-13-10-12(8-9-14-13)11-6-4-3-5-7-11/h11-14H,2-10H2,1H3. The van der Waals surface area contributed by atoms with Crippen LogP contribution in [0.15, 0.2) is 0 Å². The molecule has 1 N–H and O–H groups in total. The van der Waals surface area contributed by atoms with Gasteiger partial charge in [-0.15, -0.1) is 0 Å². The van der Waals surface area contributed by atoms with Crippen LogP contribution < -0.4 is 5.32 Å². The van der Waals surface area contributed by atoms with E-state index in [-0.39, 0.29) is 0 Å². The van der Waals surface area contributed by atoms with Crippen molar-refractivity contribution in [3.8, 4) is 0 Å². The summed E-state index contributed by atoms with van der Waals surface area (Å²) in [6.45, 7) is 3.60. The molecule has 1 heteroatoms. The molecule has 1 heterocycles. The lowest BCUT2D eigenvalue weighted by atomic mass is 9.74. The molecule has 2 unspecified atom stereocenters. The van der Waals surface area contributed by atoms with Crippen LogP contribution in [0.25, 0.3) is 0 Å². The molecule has 0 amide bonds. The van der Waals surface area contributed by atoms with Gasteiger partial charge in [-0.3, -0.25) is 0 Å². The largest absolute Gasteiger partial charge is 0.314 e. The first-order chi connectivity index (χ1) is 6.90. The second-order valence-electron chi connectivity index (χ2n) is 5.24. The molecular weight excluding hydrogens is 170 g/mol. The van der Waals surface area contributed by atoms with Crippen molar-refractivity contribution >= 4 is 0 Å². The monoisotopic (exact) mass is 195 g/mol. The van der Waals surface area contributed by atoms with Gasteiger partial charge in [0.05, 0.1) is 0 Å². The summed E-state index contributed by atoms with van der Waals surface area (Å²) < 4.78 is 0. The Bertz CT molecular complexity index is 161. The van der Waals surface area contributed by atoms with Crippen molar-refractivity contribution in [2.45, 2.75) is 64.3 Å². The zero-order chi connectivity index (χ0) is 9.80. The van der Waals surface area contributed by atoms with Crippen molar-refractivity contribution in [1.29, 1.82) is 0 Å². The first kappa shape index (κ1) is 10.5. The number of nitrogens with one attached hydrogen (secondary N) is 1. The van der Waals surface area contributed by atoms with Crippen LogP contribution in [0.5, 0.6) is 0 Å². The van der Waals surface area contributed by atoms with Gasteiger partial charge >= 0.3 is 0 Å². The molecule has 1 aliphatic heterocycles. The Labute approximate surface area is 88.7 Å². The van der Waals surface area contributed by atoms with Gasteiger partial charge in [-0.25, -0.2) is 0 Å². The molecule has 0 bridgehead atoms. The third-order valence-corrected chi connectivity index (χ3v) is 4.34. The van der Waals surface area contributed by atoms with Gasteiger partial charge in [-0.05, 0) is 37.6 Å². The van der Waals surface area contributed by atoms with E-state index in [1.54, 1.807) is 0 Å². The highest BCUT2D eigenvalue weighted by Gasteiger charge is 2.28. The van der Waals surface area contributed by atoms with Crippen LogP contribution in [-0.4, -0.2) is 12.6 Å². The summed E-state index contributed by atoms with van der Waals surface area (Å²) in [4.78, 5) is 0. The van der Waals surface area contributed by atoms with Gasteiger partial charge in [0.1, 0.15) is 0 Å². The maximum absolute atomic E-state index is 3.64. The van der Waals surface area contributed by atoms with Gasteiger partial charge in [0.15, 0.2) is 0 Å². The molecule has 1 aliphatic carbocycles. The van der Waals surface area contributed by atoms with Crippen LogP contribution in [0, 0.1) is 11.8 Å². The highest BCUT2D eigenvalue weighted by Crippen LogP contribution is 2.35. The molecule has 1 saturated heterocycles. The van der Waals surface area contributed by atoms with E-state index in [1.807, 2.05) is 0 Å². The summed E-state index contributed by atoms with van der Waals surface area (Å²) in [5.74, 6) is 2.14. The van der Waals surface area contributed by atoms with Crippen LogP contribution in [0.2, 0.25) is 0 Å². The van der Waals surface area contributed by atoms with Crippen LogP contribution >= 0.6 is 0 Å². The highest BCUT2D eigenvalue weighted by atomic mass is 14.9. The fourth-order valence-corrected chi connectivity index (χ4v) is 3.38. The molecule has 2 rings (SSSR count). The number of hydrogen-bond acceptors (Lipinski definition) is 1. The first-order valence-corrected chi connectivity index (χ1v) is 6.63. The Morgan fingerprint density at radius 3 is 2.50 bits per heavy atom. The summed E-state index contributed by atoms with van der Waals surface area (Å²) in [6, 6.07) is 0.829. The predicted octanol–water partition coefficient (Wildman–Crippen LogP) is 3.34. The van der Waals surface area contributed by atoms with Gasteiger partial charge in [0.2, 0.25) is 0 Å². The molecule has 82 valence electrons. The Kier molecular flexibility index (Phi) is 3.86. The van der Waals surface area contributed by atoms with Crippen molar-refractivity contribution < 1.29 is 0 Å². The van der Waals surface area contributed by atoms with E-state index in [2.05, 4.69) is 12.2 Å². The Morgan fingerprint density at radius 1 is 1.00 bits per heavy atom. The molecule has 1 nitrogen and oxygen atoms in total. The summed E-state index contributed by atoms with van der Waals surface area (Å²) >= 11 is 0. The molecule has 0 radical (unpaired) electrons. The van der Waals surface area contributed by atoms with Gasteiger partial charge < -0.3 is 5.32 Å². The minimum Gasteiger partial charge on any atom is -0.314 e. The van der Waals surface area contributed by atoms with Crippen LogP contribution in [0.3, 0.4) is 0 Å². The zero-order valence-corrected chi connectivity index (χ0v) is 9.60. The number of piperidine rings is 1. The van der Waals surface area contributed by atoms with E-state index in [1.165, 1.54) is 57.9 Å². The average molecular weight is 195 g/mol. The van der Waals surface area contributed by atoms with Crippen LogP contribution in [0.1, 0.15) is 58.3 Å². The minimum absolute atomic E-state index is 0.829. The molecule has 0 aromatic heterocycles. The molecule has 0 aromatic carbocycles. The van der Waals surface area contributed by atoms with Crippen LogP contribution in [0.4, 0.5) is 0 Å². The lowest BCUT2D eigenvalue weighted by Crippen LogP contribution is -2.40. The van der Waals surface area contributed by atoms with E-state index < -0.39 is 0 Å². The fourth-order valence-electron chi connectivity index (χ4n) is 3.38. The van der Waals surface area contributed by atoms with E-state index in [4.69, 9.17) is 0 Å². The predicted molar refractivity (Wildman–Crippen MR) is 61.4 cm³/mol. The topological polar surface area (TPSA) is 12.0 Å². The third-order valence-electron chi connectivity index (χ3n) is 4.34. The van der Waals surface area contributed by atoms with E-state index >= 15 is 0 Å². The van der Waals surface area contributed by atoms with Crippen molar-refractivity contribution in [1.82, 2.24) is 5.32 Å². The lowest BCUT2D eigenvalue weighted by Gasteiger charge is -2.36. The van der Waals surface area contributed by atoms with Gasteiger partial charge in [-0.1, -0.05) is 39.0 Å². The summed E-state index contributed by atoms with van der Waals surface area (Å²) in [5.41, 5.74) is 0. The quantitative estimate of drug-likeness (QED) is 0.712. The average Bonchev–Trinajstić information content (AvgIpc) is 2.30. The Morgan fingerprint density at radius 2 is 1.79 bits per heavy atom. The second kappa shape index (κ2) is 5.16. The van der Waals surface area contributed by atoms with E-state index in [9.17, 15) is 0 Å². The van der Waals surface area contributed by atoms with Crippen molar-refractivity contribution in [2.75, 3.05) is 6.54 Å². The van der Waals surface area contributed by atoms with E-state index in [0.29, 0.717) is 0 Å². The van der Waals surface area contributed by atoms with Crippen molar-refractivity contribution in [2.24, 2.45) is 11.8 Å². The maximum atomic E-state index is 3.64. The Balaban J connectivity index is 1.83. The summed E-state index contributed by atoms with van der Waals surface area (Å²) in [6.07, 6.45) is 11.8. The van der Waals surface area contributed by atoms with Crippen molar-refractivity contribution in [3.63, 3.8) is 0 Å². The molecule has 0 spiro atoms. The SMILES string of the molecule is CCC1CC(C2CCCCC2)CCN1. The lowest BCUT2D eigenvalue weighted by molar-refractivity contribution is 0.176. The van der Waals surface area contributed by atoms with Gasteiger partial charge in [-0.2, -0.15) is 0 Å². The highest BCUT2D eigenvalue weighted by molar-refractivity contribution is 4.83. The first-order valence-electron chi connectivity index (χ1n) is 6.63. The smallest absolute Gasteiger partial charge is 0.00671 e. The second-order valence-corrected chi connectivity index (χ2v) is 5.24. The molecule has 0 aromatic rings.